The summed E-state index contributed by atoms with van der Waals surface area (Å²) in [4.78, 5) is 5.91. The molecule has 0 bridgehead atoms. The van der Waals surface area contributed by atoms with Gasteiger partial charge in [-0.2, -0.15) is 0 Å². The highest BCUT2D eigenvalue weighted by Crippen LogP contribution is 2.21. The van der Waals surface area contributed by atoms with Crippen molar-refractivity contribution in [1.82, 2.24) is 10.3 Å². The molecule has 0 unspecified atom stereocenters. The van der Waals surface area contributed by atoms with E-state index in [0.29, 0.717) is 6.61 Å². The Morgan fingerprint density at radius 1 is 1.19 bits per heavy atom. The number of hydrogen-bond acceptors (Lipinski definition) is 4. The third kappa shape index (κ3) is 4.55. The van der Waals surface area contributed by atoms with Crippen LogP contribution in [0.25, 0.3) is 0 Å². The molecule has 0 aliphatic carbocycles. The minimum Gasteiger partial charge on any atom is -0.486 e. The van der Waals surface area contributed by atoms with Gasteiger partial charge < -0.3 is 10.1 Å². The SMILES string of the molecule is CCCNCc1sc(COc2ccc(C)c(C)c2)nc1C. The van der Waals surface area contributed by atoms with E-state index in [4.69, 9.17) is 4.74 Å². The highest BCUT2D eigenvalue weighted by Gasteiger charge is 2.08. The van der Waals surface area contributed by atoms with Gasteiger partial charge in [-0.05, 0) is 57.0 Å². The van der Waals surface area contributed by atoms with Crippen LogP contribution in [0.3, 0.4) is 0 Å². The van der Waals surface area contributed by atoms with Crippen molar-refractivity contribution >= 4 is 11.3 Å². The van der Waals surface area contributed by atoms with Crippen molar-refractivity contribution in [2.75, 3.05) is 6.54 Å². The first-order valence-electron chi connectivity index (χ1n) is 7.46. The average molecular weight is 304 g/mol. The van der Waals surface area contributed by atoms with Gasteiger partial charge in [-0.25, -0.2) is 4.98 Å². The Balaban J connectivity index is 1.93. The van der Waals surface area contributed by atoms with Crippen molar-refractivity contribution in [3.8, 4) is 5.75 Å². The smallest absolute Gasteiger partial charge is 0.140 e. The minimum atomic E-state index is 0.543. The molecule has 1 aromatic carbocycles. The molecule has 0 aliphatic heterocycles. The van der Waals surface area contributed by atoms with Crippen LogP contribution in [0.4, 0.5) is 0 Å². The van der Waals surface area contributed by atoms with Gasteiger partial charge in [-0.3, -0.25) is 0 Å². The van der Waals surface area contributed by atoms with Gasteiger partial charge in [0.2, 0.25) is 0 Å². The summed E-state index contributed by atoms with van der Waals surface area (Å²) in [7, 11) is 0. The van der Waals surface area contributed by atoms with E-state index in [1.807, 2.05) is 6.07 Å². The number of nitrogens with one attached hydrogen (secondary N) is 1. The lowest BCUT2D eigenvalue weighted by Crippen LogP contribution is -2.13. The lowest BCUT2D eigenvalue weighted by molar-refractivity contribution is 0.305. The maximum Gasteiger partial charge on any atom is 0.140 e. The molecule has 0 saturated heterocycles. The number of aryl methyl sites for hydroxylation is 3. The Hall–Kier alpha value is -1.39. The van der Waals surface area contributed by atoms with E-state index in [1.54, 1.807) is 11.3 Å². The van der Waals surface area contributed by atoms with Gasteiger partial charge in [0, 0.05) is 11.4 Å². The van der Waals surface area contributed by atoms with E-state index in [-0.39, 0.29) is 0 Å². The van der Waals surface area contributed by atoms with E-state index < -0.39 is 0 Å². The molecule has 0 saturated carbocycles. The lowest BCUT2D eigenvalue weighted by atomic mass is 10.1. The highest BCUT2D eigenvalue weighted by atomic mass is 32.1. The molecule has 1 heterocycles. The fraction of sp³-hybridized carbons (Fsp3) is 0.471. The number of benzene rings is 1. The van der Waals surface area contributed by atoms with Crippen molar-refractivity contribution in [3.63, 3.8) is 0 Å². The largest absolute Gasteiger partial charge is 0.486 e. The normalized spacial score (nSPS) is 10.9. The van der Waals surface area contributed by atoms with Crippen molar-refractivity contribution in [1.29, 1.82) is 0 Å². The van der Waals surface area contributed by atoms with Crippen LogP contribution < -0.4 is 10.1 Å². The van der Waals surface area contributed by atoms with Gasteiger partial charge in [0.05, 0.1) is 5.69 Å². The first-order valence-corrected chi connectivity index (χ1v) is 8.27. The van der Waals surface area contributed by atoms with Gasteiger partial charge in [0.25, 0.3) is 0 Å². The zero-order chi connectivity index (χ0) is 15.2. The summed E-state index contributed by atoms with van der Waals surface area (Å²) in [5.41, 5.74) is 3.66. The second-order valence-electron chi connectivity index (χ2n) is 5.33. The number of nitrogens with zero attached hydrogens (tertiary/aromatic N) is 1. The monoisotopic (exact) mass is 304 g/mol. The summed E-state index contributed by atoms with van der Waals surface area (Å²) in [5.74, 6) is 0.914. The maximum absolute atomic E-state index is 5.85. The van der Waals surface area contributed by atoms with Crippen LogP contribution in [-0.2, 0) is 13.2 Å². The molecule has 2 aromatic rings. The van der Waals surface area contributed by atoms with Crippen LogP contribution in [0.5, 0.6) is 5.75 Å². The standard InChI is InChI=1S/C17H24N2OS/c1-5-8-18-10-16-14(4)19-17(21-16)11-20-15-7-6-12(2)13(3)9-15/h6-7,9,18H,5,8,10-11H2,1-4H3. The first-order chi connectivity index (χ1) is 10.1. The molecule has 0 spiro atoms. The van der Waals surface area contributed by atoms with Crippen molar-refractivity contribution in [3.05, 3.63) is 44.9 Å². The fourth-order valence-electron chi connectivity index (χ4n) is 2.04. The Morgan fingerprint density at radius 2 is 2.00 bits per heavy atom. The molecule has 0 aliphatic rings. The molecule has 0 radical (unpaired) electrons. The van der Waals surface area contributed by atoms with Gasteiger partial charge in [0.15, 0.2) is 0 Å². The molecule has 0 amide bonds. The molecule has 4 heteroatoms. The number of aromatic nitrogens is 1. The summed E-state index contributed by atoms with van der Waals surface area (Å²) in [6.07, 6.45) is 1.15. The maximum atomic E-state index is 5.85. The van der Waals surface area contributed by atoms with E-state index >= 15 is 0 Å². The quantitative estimate of drug-likeness (QED) is 0.780. The zero-order valence-electron chi connectivity index (χ0n) is 13.3. The summed E-state index contributed by atoms with van der Waals surface area (Å²) in [5, 5.41) is 4.46. The van der Waals surface area contributed by atoms with Gasteiger partial charge in [0.1, 0.15) is 17.4 Å². The third-order valence-electron chi connectivity index (χ3n) is 3.49. The Morgan fingerprint density at radius 3 is 2.71 bits per heavy atom. The zero-order valence-corrected chi connectivity index (χ0v) is 14.1. The predicted molar refractivity (Wildman–Crippen MR) is 89.1 cm³/mol. The Bertz CT molecular complexity index is 592. The summed E-state index contributed by atoms with van der Waals surface area (Å²) >= 11 is 1.74. The van der Waals surface area contributed by atoms with Crippen molar-refractivity contribution < 1.29 is 4.74 Å². The predicted octanol–water partition coefficient (Wildman–Crippen LogP) is 4.15. The molecule has 21 heavy (non-hydrogen) atoms. The van der Waals surface area contributed by atoms with E-state index in [2.05, 4.69) is 50.1 Å². The molecular formula is C17H24N2OS. The second-order valence-corrected chi connectivity index (χ2v) is 6.50. The first kappa shape index (κ1) is 16.0. The van der Waals surface area contributed by atoms with Crippen LogP contribution in [0.1, 0.15) is 40.1 Å². The molecule has 114 valence electrons. The summed E-state index contributed by atoms with van der Waals surface area (Å²) in [6, 6.07) is 6.20. The van der Waals surface area contributed by atoms with Gasteiger partial charge in [-0.1, -0.05) is 13.0 Å². The molecule has 2 rings (SSSR count). The Labute approximate surface area is 131 Å². The molecule has 1 N–H and O–H groups in total. The van der Waals surface area contributed by atoms with Gasteiger partial charge >= 0.3 is 0 Å². The number of ether oxygens (including phenoxy) is 1. The van der Waals surface area contributed by atoms with Crippen LogP contribution in [0.15, 0.2) is 18.2 Å². The van der Waals surface area contributed by atoms with Gasteiger partial charge in [-0.15, -0.1) is 11.3 Å². The molecule has 3 nitrogen and oxygen atoms in total. The van der Waals surface area contributed by atoms with Crippen molar-refractivity contribution in [2.24, 2.45) is 0 Å². The van der Waals surface area contributed by atoms with Crippen LogP contribution >= 0.6 is 11.3 Å². The third-order valence-corrected chi connectivity index (χ3v) is 4.62. The summed E-state index contributed by atoms with van der Waals surface area (Å²) < 4.78 is 5.85. The van der Waals surface area contributed by atoms with Crippen LogP contribution in [0, 0.1) is 20.8 Å². The molecule has 0 atom stereocenters. The lowest BCUT2D eigenvalue weighted by Gasteiger charge is -2.06. The number of rotatable bonds is 7. The topological polar surface area (TPSA) is 34.1 Å². The highest BCUT2D eigenvalue weighted by molar-refractivity contribution is 7.11. The van der Waals surface area contributed by atoms with Crippen LogP contribution in [-0.4, -0.2) is 11.5 Å². The number of hydrogen-bond donors (Lipinski definition) is 1. The van der Waals surface area contributed by atoms with E-state index in [1.165, 1.54) is 16.0 Å². The molecular weight excluding hydrogens is 280 g/mol. The van der Waals surface area contributed by atoms with E-state index in [9.17, 15) is 0 Å². The molecule has 0 fully saturated rings. The van der Waals surface area contributed by atoms with E-state index in [0.717, 1.165) is 36.0 Å². The summed E-state index contributed by atoms with van der Waals surface area (Å²) in [6.45, 7) is 11.0. The fourth-order valence-corrected chi connectivity index (χ4v) is 2.99. The van der Waals surface area contributed by atoms with Crippen molar-refractivity contribution in [2.45, 2.75) is 47.3 Å². The molecule has 1 aromatic heterocycles. The number of thiazole rings is 1. The average Bonchev–Trinajstić information content (AvgIpc) is 2.81. The van der Waals surface area contributed by atoms with Crippen LogP contribution in [0.2, 0.25) is 0 Å². The minimum absolute atomic E-state index is 0.543. The second kappa shape index (κ2) is 7.57. The Kier molecular flexibility index (Phi) is 5.76.